The molecule has 0 spiro atoms. The Labute approximate surface area is 190 Å². The van der Waals surface area contributed by atoms with Gasteiger partial charge in [-0.1, -0.05) is 53.7 Å². The number of nitrogens with one attached hydrogen (secondary N) is 1. The summed E-state index contributed by atoms with van der Waals surface area (Å²) in [5.41, 5.74) is 2.38. The molecule has 6 nitrogen and oxygen atoms in total. The molecule has 0 aliphatic carbocycles. The van der Waals surface area contributed by atoms with E-state index < -0.39 is 23.8 Å². The van der Waals surface area contributed by atoms with Crippen LogP contribution in [0.25, 0.3) is 0 Å². The molecule has 3 aromatic rings. The molecule has 1 aliphatic rings. The number of carbonyl (C=O) groups is 1. The highest BCUT2D eigenvalue weighted by atomic mass is 19.1. The highest BCUT2D eigenvalue weighted by Gasteiger charge is 2.28. The predicted octanol–water partition coefficient (Wildman–Crippen LogP) is 5.20. The lowest BCUT2D eigenvalue weighted by molar-refractivity contribution is 0.0606. The Morgan fingerprint density at radius 2 is 1.88 bits per heavy atom. The maximum atomic E-state index is 14.3. The molecule has 0 saturated heterocycles. The monoisotopic (exact) mass is 451 g/mol. The number of urea groups is 1. The lowest BCUT2D eigenvalue weighted by Gasteiger charge is -2.26. The number of hydrogen-bond donors (Lipinski definition) is 1. The largest absolute Gasteiger partial charge is 0.495 e. The summed E-state index contributed by atoms with van der Waals surface area (Å²) >= 11 is 0. The van der Waals surface area contributed by atoms with E-state index in [-0.39, 0.29) is 18.7 Å². The number of rotatable bonds is 7. The Morgan fingerprint density at radius 3 is 2.64 bits per heavy atom. The zero-order valence-corrected chi connectivity index (χ0v) is 18.0. The van der Waals surface area contributed by atoms with Gasteiger partial charge in [0.05, 0.1) is 31.6 Å². The molecule has 1 unspecified atom stereocenters. The summed E-state index contributed by atoms with van der Waals surface area (Å²) in [6.45, 7) is 0.0747. The minimum absolute atomic E-state index is 0.0758. The number of ether oxygens (including phenoxy) is 1. The minimum Gasteiger partial charge on any atom is -0.495 e. The van der Waals surface area contributed by atoms with E-state index in [9.17, 15) is 13.6 Å². The highest BCUT2D eigenvalue weighted by Crippen LogP contribution is 2.25. The van der Waals surface area contributed by atoms with E-state index in [1.165, 1.54) is 18.1 Å². The zero-order chi connectivity index (χ0) is 23.2. The van der Waals surface area contributed by atoms with Crippen LogP contribution in [-0.2, 0) is 11.4 Å². The predicted molar refractivity (Wildman–Crippen MR) is 121 cm³/mol. The molecule has 8 heteroatoms. The normalized spacial score (nSPS) is 14.9. The first-order valence-electron chi connectivity index (χ1n) is 10.4. The van der Waals surface area contributed by atoms with Crippen LogP contribution in [0.5, 0.6) is 5.75 Å². The van der Waals surface area contributed by atoms with E-state index in [4.69, 9.17) is 9.57 Å². The molecule has 2 amide bonds. The number of para-hydroxylation sites is 2. The third-order valence-corrected chi connectivity index (χ3v) is 5.28. The topological polar surface area (TPSA) is 63.2 Å². The van der Waals surface area contributed by atoms with Gasteiger partial charge in [-0.05, 0) is 23.8 Å². The van der Waals surface area contributed by atoms with Crippen LogP contribution in [0.4, 0.5) is 19.3 Å². The van der Waals surface area contributed by atoms with E-state index in [0.29, 0.717) is 17.9 Å². The van der Waals surface area contributed by atoms with Crippen LogP contribution in [0.2, 0.25) is 0 Å². The Bertz CT molecular complexity index is 1150. The molecule has 0 fully saturated rings. The van der Waals surface area contributed by atoms with Gasteiger partial charge in [0, 0.05) is 18.1 Å². The van der Waals surface area contributed by atoms with Crippen molar-refractivity contribution in [1.82, 2.24) is 4.90 Å². The first-order chi connectivity index (χ1) is 16.0. The van der Waals surface area contributed by atoms with Crippen molar-refractivity contribution in [1.29, 1.82) is 0 Å². The Kier molecular flexibility index (Phi) is 6.83. The molecule has 1 heterocycles. The van der Waals surface area contributed by atoms with Crippen molar-refractivity contribution >= 4 is 17.4 Å². The molecule has 3 aromatic carbocycles. The second-order valence-corrected chi connectivity index (χ2v) is 7.58. The fourth-order valence-corrected chi connectivity index (χ4v) is 3.59. The van der Waals surface area contributed by atoms with Crippen LogP contribution in [0, 0.1) is 11.6 Å². The molecule has 0 radical (unpaired) electrons. The fraction of sp³-hybridized carbons (Fsp3) is 0.200. The minimum atomic E-state index is -0.723. The highest BCUT2D eigenvalue weighted by molar-refractivity contribution is 6.01. The SMILES string of the molecule is COc1ccccc1NC(=O)N(Cc1ccc(F)cc1F)CC1CC(c2ccccc2)=NO1. The third kappa shape index (κ3) is 5.46. The molecule has 1 N–H and O–H groups in total. The number of hydrogen-bond acceptors (Lipinski definition) is 4. The third-order valence-electron chi connectivity index (χ3n) is 5.28. The average Bonchev–Trinajstić information content (AvgIpc) is 3.30. The Morgan fingerprint density at radius 1 is 1.12 bits per heavy atom. The molecule has 1 atom stereocenters. The average molecular weight is 451 g/mol. The van der Waals surface area contributed by atoms with Gasteiger partial charge in [0.15, 0.2) is 6.10 Å². The summed E-state index contributed by atoms with van der Waals surface area (Å²) in [6.07, 6.45) is 0.0843. The lowest BCUT2D eigenvalue weighted by Crippen LogP contribution is -2.40. The van der Waals surface area contributed by atoms with Gasteiger partial charge in [-0.25, -0.2) is 13.6 Å². The molecule has 0 saturated carbocycles. The van der Waals surface area contributed by atoms with Crippen molar-refractivity contribution in [2.24, 2.45) is 5.16 Å². The summed E-state index contributed by atoms with van der Waals surface area (Å²) in [4.78, 5) is 20.2. The van der Waals surface area contributed by atoms with Crippen LogP contribution in [-0.4, -0.2) is 36.4 Å². The van der Waals surface area contributed by atoms with Crippen molar-refractivity contribution in [2.75, 3.05) is 19.0 Å². The standard InChI is InChI=1S/C25H23F2N3O3/c1-32-24-10-6-5-9-22(24)28-25(31)30(15-18-11-12-19(26)13-21(18)27)16-20-14-23(29-33-20)17-7-3-2-4-8-17/h2-13,20H,14-16H2,1H3,(H,28,31). The van der Waals surface area contributed by atoms with Gasteiger partial charge in [0.25, 0.3) is 0 Å². The summed E-state index contributed by atoms with van der Waals surface area (Å²) in [7, 11) is 1.51. The molecule has 0 aromatic heterocycles. The quantitative estimate of drug-likeness (QED) is 0.537. The van der Waals surface area contributed by atoms with E-state index >= 15 is 0 Å². The molecule has 170 valence electrons. The van der Waals surface area contributed by atoms with E-state index in [2.05, 4.69) is 10.5 Å². The van der Waals surface area contributed by atoms with Gasteiger partial charge in [-0.2, -0.15) is 0 Å². The molecule has 1 aliphatic heterocycles. The smallest absolute Gasteiger partial charge is 0.322 e. The van der Waals surface area contributed by atoms with Crippen molar-refractivity contribution in [3.8, 4) is 5.75 Å². The van der Waals surface area contributed by atoms with Crippen molar-refractivity contribution in [3.63, 3.8) is 0 Å². The Hall–Kier alpha value is -3.94. The molecular formula is C25H23F2N3O3. The number of nitrogens with zero attached hydrogens (tertiary/aromatic N) is 2. The first-order valence-corrected chi connectivity index (χ1v) is 10.4. The second kappa shape index (κ2) is 10.1. The van der Waals surface area contributed by atoms with Crippen LogP contribution in [0.1, 0.15) is 17.5 Å². The number of benzene rings is 3. The summed E-state index contributed by atoms with van der Waals surface area (Å²) in [5, 5.41) is 6.96. The number of anilines is 1. The molecule has 33 heavy (non-hydrogen) atoms. The van der Waals surface area contributed by atoms with Gasteiger partial charge in [0.1, 0.15) is 17.4 Å². The summed E-state index contributed by atoms with van der Waals surface area (Å²) in [6, 6.07) is 19.4. The van der Waals surface area contributed by atoms with Gasteiger partial charge in [0.2, 0.25) is 0 Å². The molecule has 4 rings (SSSR count). The number of methoxy groups -OCH3 is 1. The summed E-state index contributed by atoms with van der Waals surface area (Å²) < 4.78 is 33.0. The Balaban J connectivity index is 1.52. The fourth-order valence-electron chi connectivity index (χ4n) is 3.59. The van der Waals surface area contributed by atoms with Crippen LogP contribution < -0.4 is 10.1 Å². The second-order valence-electron chi connectivity index (χ2n) is 7.58. The van der Waals surface area contributed by atoms with Gasteiger partial charge in [-0.3, -0.25) is 0 Å². The van der Waals surface area contributed by atoms with Crippen LogP contribution in [0.3, 0.4) is 0 Å². The van der Waals surface area contributed by atoms with Gasteiger partial charge in [-0.15, -0.1) is 0 Å². The number of halogens is 2. The maximum absolute atomic E-state index is 14.3. The van der Waals surface area contributed by atoms with E-state index in [0.717, 1.165) is 23.4 Å². The zero-order valence-electron chi connectivity index (χ0n) is 18.0. The van der Waals surface area contributed by atoms with Crippen molar-refractivity contribution in [3.05, 3.63) is 95.6 Å². The molecular weight excluding hydrogens is 428 g/mol. The van der Waals surface area contributed by atoms with Crippen molar-refractivity contribution in [2.45, 2.75) is 19.1 Å². The number of carbonyl (C=O) groups excluding carboxylic acids is 1. The number of oxime groups is 1. The van der Waals surface area contributed by atoms with E-state index in [1.807, 2.05) is 30.3 Å². The van der Waals surface area contributed by atoms with E-state index in [1.54, 1.807) is 24.3 Å². The van der Waals surface area contributed by atoms with Gasteiger partial charge < -0.3 is 19.8 Å². The number of amides is 2. The van der Waals surface area contributed by atoms with Crippen LogP contribution >= 0.6 is 0 Å². The maximum Gasteiger partial charge on any atom is 0.322 e. The van der Waals surface area contributed by atoms with Crippen LogP contribution in [0.15, 0.2) is 78.0 Å². The first kappa shape index (κ1) is 22.3. The van der Waals surface area contributed by atoms with Gasteiger partial charge >= 0.3 is 6.03 Å². The molecule has 0 bridgehead atoms. The summed E-state index contributed by atoms with van der Waals surface area (Å²) in [5.74, 6) is -0.912. The lowest BCUT2D eigenvalue weighted by atomic mass is 10.0. The van der Waals surface area contributed by atoms with Crippen molar-refractivity contribution < 1.29 is 23.1 Å².